The molecule has 5 rings (SSSR count). The van der Waals surface area contributed by atoms with Gasteiger partial charge in [0, 0.05) is 31.4 Å². The van der Waals surface area contributed by atoms with Gasteiger partial charge in [0.05, 0.1) is 7.11 Å². The number of nitrogens with zero attached hydrogens (tertiary/aromatic N) is 2. The lowest BCUT2D eigenvalue weighted by Gasteiger charge is -2.32. The molecule has 1 unspecified atom stereocenters. The Labute approximate surface area is 229 Å². The third kappa shape index (κ3) is 6.53. The van der Waals surface area contributed by atoms with Crippen molar-refractivity contribution >= 4 is 5.69 Å². The van der Waals surface area contributed by atoms with Crippen molar-refractivity contribution in [2.75, 3.05) is 38.2 Å². The standard InChI is InChI=1S/C34H44N2O2/c1-3-36(25-27-10-8-26(9-11-27)18-21-35-19-6-4-5-7-20-35)34-24-32(38-2)16-17-33(34)30-13-12-29-23-31(37)15-14-28(29)22-30/h8-11,14-17,23-24,30,37H,3-7,12-13,18-22,25H2,1-2H3. The topological polar surface area (TPSA) is 35.9 Å². The fourth-order valence-electron chi connectivity index (χ4n) is 6.32. The number of hydrogen-bond acceptors (Lipinski definition) is 4. The van der Waals surface area contributed by atoms with E-state index >= 15 is 0 Å². The van der Waals surface area contributed by atoms with Crippen LogP contribution in [0.5, 0.6) is 11.5 Å². The first kappa shape index (κ1) is 26.6. The van der Waals surface area contributed by atoms with Gasteiger partial charge in [-0.1, -0.05) is 49.2 Å². The van der Waals surface area contributed by atoms with Crippen LogP contribution in [0.25, 0.3) is 0 Å². The van der Waals surface area contributed by atoms with E-state index < -0.39 is 0 Å². The number of phenolic OH excluding ortho intramolecular Hbond substituents is 1. The lowest BCUT2D eigenvalue weighted by Crippen LogP contribution is -2.27. The molecule has 1 aliphatic carbocycles. The zero-order valence-corrected chi connectivity index (χ0v) is 23.3. The van der Waals surface area contributed by atoms with E-state index in [2.05, 4.69) is 65.3 Å². The minimum Gasteiger partial charge on any atom is -0.508 e. The average molecular weight is 513 g/mol. The summed E-state index contributed by atoms with van der Waals surface area (Å²) in [6.45, 7) is 7.78. The summed E-state index contributed by atoms with van der Waals surface area (Å²) in [5, 5.41) is 9.91. The molecule has 1 saturated heterocycles. The van der Waals surface area contributed by atoms with Crippen LogP contribution >= 0.6 is 0 Å². The zero-order valence-electron chi connectivity index (χ0n) is 23.3. The lowest BCUT2D eigenvalue weighted by molar-refractivity contribution is 0.289. The molecule has 1 heterocycles. The summed E-state index contributed by atoms with van der Waals surface area (Å²) in [5.41, 5.74) is 8.13. The summed E-state index contributed by atoms with van der Waals surface area (Å²) in [4.78, 5) is 5.15. The summed E-state index contributed by atoms with van der Waals surface area (Å²) >= 11 is 0. The highest BCUT2D eigenvalue weighted by Gasteiger charge is 2.24. The maximum Gasteiger partial charge on any atom is 0.120 e. The number of fused-ring (bicyclic) bond motifs is 1. The molecule has 1 N–H and O–H groups in total. The van der Waals surface area contributed by atoms with Gasteiger partial charge in [0.1, 0.15) is 11.5 Å². The summed E-state index contributed by atoms with van der Waals surface area (Å²) in [5.74, 6) is 1.74. The Hall–Kier alpha value is -2.98. The number of benzene rings is 3. The van der Waals surface area contributed by atoms with Crippen LogP contribution in [0.3, 0.4) is 0 Å². The van der Waals surface area contributed by atoms with Crippen LogP contribution in [-0.2, 0) is 25.8 Å². The van der Waals surface area contributed by atoms with Crippen molar-refractivity contribution in [3.8, 4) is 11.5 Å². The molecule has 1 atom stereocenters. The van der Waals surface area contributed by atoms with Gasteiger partial charge in [-0.3, -0.25) is 0 Å². The first-order valence-electron chi connectivity index (χ1n) is 14.7. The first-order valence-corrected chi connectivity index (χ1v) is 14.7. The van der Waals surface area contributed by atoms with Crippen molar-refractivity contribution in [2.24, 2.45) is 0 Å². The molecule has 1 fully saturated rings. The molecule has 38 heavy (non-hydrogen) atoms. The summed E-state index contributed by atoms with van der Waals surface area (Å²) in [6.07, 6.45) is 9.75. The first-order chi connectivity index (χ1) is 18.6. The molecule has 1 aliphatic heterocycles. The van der Waals surface area contributed by atoms with E-state index in [-0.39, 0.29) is 0 Å². The fraction of sp³-hybridized carbons (Fsp3) is 0.471. The second-order valence-electron chi connectivity index (χ2n) is 11.2. The smallest absolute Gasteiger partial charge is 0.120 e. The van der Waals surface area contributed by atoms with Gasteiger partial charge in [-0.05, 0) is 110 Å². The van der Waals surface area contributed by atoms with E-state index in [1.807, 2.05) is 12.1 Å². The number of phenols is 1. The molecule has 0 bridgehead atoms. The van der Waals surface area contributed by atoms with Crippen LogP contribution in [0.2, 0.25) is 0 Å². The van der Waals surface area contributed by atoms with E-state index in [0.717, 1.165) is 44.5 Å². The van der Waals surface area contributed by atoms with Crippen LogP contribution < -0.4 is 9.64 Å². The highest BCUT2D eigenvalue weighted by molar-refractivity contribution is 5.60. The molecule has 0 saturated carbocycles. The zero-order chi connectivity index (χ0) is 26.3. The maximum atomic E-state index is 9.91. The summed E-state index contributed by atoms with van der Waals surface area (Å²) in [6, 6.07) is 21.8. The lowest BCUT2D eigenvalue weighted by atomic mass is 9.79. The molecular weight excluding hydrogens is 468 g/mol. The highest BCUT2D eigenvalue weighted by Crippen LogP contribution is 2.40. The van der Waals surface area contributed by atoms with Crippen molar-refractivity contribution in [1.82, 2.24) is 4.90 Å². The normalized spacial score (nSPS) is 18.0. The largest absolute Gasteiger partial charge is 0.508 e. The highest BCUT2D eigenvalue weighted by atomic mass is 16.5. The van der Waals surface area contributed by atoms with Crippen molar-refractivity contribution in [2.45, 2.75) is 70.8 Å². The molecule has 0 aromatic heterocycles. The molecule has 3 aromatic carbocycles. The predicted octanol–water partition coefficient (Wildman–Crippen LogP) is 7.12. The van der Waals surface area contributed by atoms with Gasteiger partial charge in [0.2, 0.25) is 0 Å². The molecule has 0 spiro atoms. The van der Waals surface area contributed by atoms with E-state index in [0.29, 0.717) is 11.7 Å². The quantitative estimate of drug-likeness (QED) is 0.331. The number of hydrogen-bond donors (Lipinski definition) is 1. The molecule has 202 valence electrons. The Bertz CT molecular complexity index is 1180. The van der Waals surface area contributed by atoms with Crippen molar-refractivity contribution in [1.29, 1.82) is 0 Å². The fourth-order valence-corrected chi connectivity index (χ4v) is 6.32. The monoisotopic (exact) mass is 512 g/mol. The van der Waals surface area contributed by atoms with E-state index in [9.17, 15) is 5.11 Å². The molecule has 0 amide bonds. The van der Waals surface area contributed by atoms with Crippen molar-refractivity contribution < 1.29 is 9.84 Å². The minimum atomic E-state index is 0.373. The van der Waals surface area contributed by atoms with Gasteiger partial charge in [0.25, 0.3) is 0 Å². The maximum absolute atomic E-state index is 9.91. The van der Waals surface area contributed by atoms with Crippen LogP contribution in [-0.4, -0.2) is 43.3 Å². The van der Waals surface area contributed by atoms with E-state index in [1.54, 1.807) is 7.11 Å². The van der Waals surface area contributed by atoms with Crippen LogP contribution in [0.1, 0.15) is 72.8 Å². The number of likely N-dealkylation sites (tertiary alicyclic amines) is 1. The van der Waals surface area contributed by atoms with Gasteiger partial charge in [0.15, 0.2) is 0 Å². The Morgan fingerprint density at radius 1 is 0.895 bits per heavy atom. The Morgan fingerprint density at radius 3 is 2.39 bits per heavy atom. The van der Waals surface area contributed by atoms with Crippen molar-refractivity contribution in [3.05, 3.63) is 88.5 Å². The molecule has 0 radical (unpaired) electrons. The Balaban J connectivity index is 1.29. The third-order valence-corrected chi connectivity index (χ3v) is 8.63. The number of methoxy groups -OCH3 is 1. The van der Waals surface area contributed by atoms with Gasteiger partial charge in [-0.15, -0.1) is 0 Å². The van der Waals surface area contributed by atoms with E-state index in [4.69, 9.17) is 4.74 Å². The molecule has 4 heteroatoms. The molecular formula is C34H44N2O2. The van der Waals surface area contributed by atoms with Gasteiger partial charge in [-0.25, -0.2) is 0 Å². The number of ether oxygens (including phenoxy) is 1. The predicted molar refractivity (Wildman–Crippen MR) is 158 cm³/mol. The number of aryl methyl sites for hydroxylation is 1. The number of rotatable bonds is 9. The molecule has 4 nitrogen and oxygen atoms in total. The number of anilines is 1. The van der Waals surface area contributed by atoms with Crippen LogP contribution in [0.4, 0.5) is 5.69 Å². The second kappa shape index (κ2) is 12.7. The summed E-state index contributed by atoms with van der Waals surface area (Å²) < 4.78 is 5.65. The second-order valence-corrected chi connectivity index (χ2v) is 11.2. The van der Waals surface area contributed by atoms with Crippen LogP contribution in [0.15, 0.2) is 60.7 Å². The van der Waals surface area contributed by atoms with Gasteiger partial charge < -0.3 is 19.6 Å². The van der Waals surface area contributed by atoms with Crippen LogP contribution in [0, 0.1) is 0 Å². The Kier molecular flexibility index (Phi) is 8.90. The minimum absolute atomic E-state index is 0.373. The Morgan fingerprint density at radius 2 is 1.66 bits per heavy atom. The molecule has 3 aromatic rings. The average Bonchev–Trinajstić information content (AvgIpc) is 3.24. The SMILES string of the molecule is CCN(Cc1ccc(CCN2CCCCCC2)cc1)c1cc(OC)ccc1C1CCc2cc(O)ccc2C1. The third-order valence-electron chi connectivity index (χ3n) is 8.63. The summed E-state index contributed by atoms with van der Waals surface area (Å²) in [7, 11) is 1.75. The number of aromatic hydroxyl groups is 1. The van der Waals surface area contributed by atoms with Gasteiger partial charge in [-0.2, -0.15) is 0 Å². The van der Waals surface area contributed by atoms with Crippen molar-refractivity contribution in [3.63, 3.8) is 0 Å². The molecule has 2 aliphatic rings. The van der Waals surface area contributed by atoms with Gasteiger partial charge >= 0.3 is 0 Å². The van der Waals surface area contributed by atoms with E-state index in [1.165, 1.54) is 78.8 Å².